The first-order valence-electron chi connectivity index (χ1n) is 6.89. The first-order valence-corrected chi connectivity index (χ1v) is 9.37. The van der Waals surface area contributed by atoms with Gasteiger partial charge < -0.3 is 0 Å². The summed E-state index contributed by atoms with van der Waals surface area (Å²) in [6, 6.07) is 12.3. The number of sulfone groups is 1. The topological polar surface area (TPSA) is 71.5 Å². The van der Waals surface area contributed by atoms with Crippen LogP contribution < -0.4 is 4.90 Å². The molecule has 0 aliphatic carbocycles. The van der Waals surface area contributed by atoms with Crippen molar-refractivity contribution in [1.29, 1.82) is 0 Å². The minimum atomic E-state index is -3.93. The summed E-state index contributed by atoms with van der Waals surface area (Å²) >= 11 is 11.8. The number of carbonyl (C=O) groups excluding carboxylic acids is 2. The fourth-order valence-corrected chi connectivity index (χ4v) is 4.50. The highest BCUT2D eigenvalue weighted by Crippen LogP contribution is 2.34. The Kier molecular flexibility index (Phi) is 4.38. The van der Waals surface area contributed by atoms with E-state index in [1.807, 2.05) is 0 Å². The summed E-state index contributed by atoms with van der Waals surface area (Å²) in [5, 5.41) is -0.991. The molecule has 1 heterocycles. The molecule has 1 aliphatic heterocycles. The van der Waals surface area contributed by atoms with Crippen molar-refractivity contribution in [3.8, 4) is 0 Å². The van der Waals surface area contributed by atoms with Gasteiger partial charge in [-0.05, 0) is 23.8 Å². The van der Waals surface area contributed by atoms with E-state index in [1.54, 1.807) is 30.3 Å². The number of hydrogen-bond acceptors (Lipinski definition) is 4. The van der Waals surface area contributed by atoms with Crippen molar-refractivity contribution in [2.45, 2.75) is 5.25 Å². The minimum absolute atomic E-state index is 0.166. The predicted molar refractivity (Wildman–Crippen MR) is 91.9 cm³/mol. The van der Waals surface area contributed by atoms with Gasteiger partial charge in [-0.25, -0.2) is 13.3 Å². The maximum atomic E-state index is 12.8. The molecule has 0 N–H and O–H groups in total. The molecular weight excluding hydrogens is 373 g/mol. The Morgan fingerprint density at radius 3 is 2.25 bits per heavy atom. The van der Waals surface area contributed by atoms with E-state index in [-0.39, 0.29) is 15.7 Å². The fraction of sp³-hybridized carbons (Fsp3) is 0.125. The van der Waals surface area contributed by atoms with Crippen LogP contribution >= 0.6 is 23.2 Å². The van der Waals surface area contributed by atoms with Crippen LogP contribution in [0.4, 0.5) is 5.69 Å². The molecule has 0 aromatic heterocycles. The Bertz CT molecular complexity index is 928. The first kappa shape index (κ1) is 17.0. The van der Waals surface area contributed by atoms with Crippen molar-refractivity contribution in [1.82, 2.24) is 0 Å². The largest absolute Gasteiger partial charge is 0.273 e. The number of halogens is 2. The van der Waals surface area contributed by atoms with Crippen LogP contribution in [0.1, 0.15) is 10.8 Å². The lowest BCUT2D eigenvalue weighted by Gasteiger charge is -2.30. The lowest BCUT2D eigenvalue weighted by Crippen LogP contribution is -2.51. The summed E-state index contributed by atoms with van der Waals surface area (Å²) in [5.74, 6) is -2.39. The summed E-state index contributed by atoms with van der Waals surface area (Å²) < 4.78 is 24.8. The summed E-state index contributed by atoms with van der Waals surface area (Å²) in [4.78, 5) is 25.9. The Morgan fingerprint density at radius 1 is 0.958 bits per heavy atom. The highest BCUT2D eigenvalue weighted by Gasteiger charge is 2.46. The van der Waals surface area contributed by atoms with Gasteiger partial charge in [0.1, 0.15) is 5.75 Å². The zero-order valence-electron chi connectivity index (χ0n) is 12.1. The highest BCUT2D eigenvalue weighted by molar-refractivity contribution is 7.93. The average Bonchev–Trinajstić information content (AvgIpc) is 2.50. The Labute approximate surface area is 148 Å². The number of amides is 2. The molecule has 8 heteroatoms. The van der Waals surface area contributed by atoms with Crippen LogP contribution in [0.5, 0.6) is 0 Å². The van der Waals surface area contributed by atoms with Crippen LogP contribution in [0.15, 0.2) is 48.5 Å². The molecule has 0 spiro atoms. The molecule has 24 heavy (non-hydrogen) atoms. The molecule has 2 aromatic carbocycles. The van der Waals surface area contributed by atoms with E-state index in [2.05, 4.69) is 0 Å². The maximum Gasteiger partial charge on any atom is 0.256 e. The molecule has 0 radical (unpaired) electrons. The van der Waals surface area contributed by atoms with Crippen LogP contribution in [-0.2, 0) is 19.4 Å². The van der Waals surface area contributed by atoms with Crippen molar-refractivity contribution < 1.29 is 18.0 Å². The standard InChI is InChI=1S/C16H11Cl2NO4S/c17-12-7-6-11(8-13(12)18)19-14(20)9-24(22,23)15(16(19)21)10-4-2-1-3-5-10/h1-8,15H,9H2. The molecule has 0 bridgehead atoms. The summed E-state index contributed by atoms with van der Waals surface area (Å²) in [6.45, 7) is 0. The van der Waals surface area contributed by atoms with Gasteiger partial charge in [0.2, 0.25) is 5.91 Å². The van der Waals surface area contributed by atoms with Crippen molar-refractivity contribution in [3.63, 3.8) is 0 Å². The van der Waals surface area contributed by atoms with E-state index in [4.69, 9.17) is 23.2 Å². The molecule has 2 amide bonds. The number of hydrogen-bond donors (Lipinski definition) is 0. The quantitative estimate of drug-likeness (QED) is 0.747. The second-order valence-electron chi connectivity index (χ2n) is 5.26. The fourth-order valence-electron chi connectivity index (χ4n) is 2.59. The monoisotopic (exact) mass is 383 g/mol. The number of carbonyl (C=O) groups is 2. The average molecular weight is 384 g/mol. The van der Waals surface area contributed by atoms with Gasteiger partial charge in [0.15, 0.2) is 15.1 Å². The number of imide groups is 1. The number of anilines is 1. The molecule has 5 nitrogen and oxygen atoms in total. The molecule has 1 saturated heterocycles. The van der Waals surface area contributed by atoms with Crippen molar-refractivity contribution in [2.24, 2.45) is 0 Å². The zero-order chi connectivity index (χ0) is 17.5. The molecule has 0 saturated carbocycles. The number of rotatable bonds is 2. The van der Waals surface area contributed by atoms with Gasteiger partial charge in [-0.1, -0.05) is 53.5 Å². The van der Waals surface area contributed by atoms with Gasteiger partial charge in [-0.2, -0.15) is 0 Å². The van der Waals surface area contributed by atoms with E-state index >= 15 is 0 Å². The molecule has 2 aromatic rings. The summed E-state index contributed by atoms with van der Waals surface area (Å²) in [5.41, 5.74) is 0.510. The highest BCUT2D eigenvalue weighted by atomic mass is 35.5. The van der Waals surface area contributed by atoms with E-state index in [9.17, 15) is 18.0 Å². The van der Waals surface area contributed by atoms with E-state index in [1.165, 1.54) is 18.2 Å². The molecule has 3 rings (SSSR count). The molecule has 1 aliphatic rings. The lowest BCUT2D eigenvalue weighted by atomic mass is 10.1. The van der Waals surface area contributed by atoms with Crippen LogP contribution in [0.2, 0.25) is 10.0 Å². The van der Waals surface area contributed by atoms with Crippen LogP contribution in [0.3, 0.4) is 0 Å². The number of nitrogens with zero attached hydrogens (tertiary/aromatic N) is 1. The van der Waals surface area contributed by atoms with E-state index < -0.39 is 32.7 Å². The van der Waals surface area contributed by atoms with E-state index in [0.29, 0.717) is 5.56 Å². The van der Waals surface area contributed by atoms with Crippen molar-refractivity contribution >= 4 is 50.5 Å². The predicted octanol–water partition coefficient (Wildman–Crippen LogP) is 3.02. The minimum Gasteiger partial charge on any atom is -0.273 e. The number of benzene rings is 2. The van der Waals surface area contributed by atoms with Gasteiger partial charge in [0.05, 0.1) is 15.7 Å². The third-order valence-corrected chi connectivity index (χ3v) is 6.22. The summed E-state index contributed by atoms with van der Waals surface area (Å²) in [6.07, 6.45) is 0. The molecule has 1 unspecified atom stereocenters. The van der Waals surface area contributed by atoms with Gasteiger partial charge in [-0.3, -0.25) is 9.59 Å². The third-order valence-electron chi connectivity index (χ3n) is 3.64. The Morgan fingerprint density at radius 2 is 1.62 bits per heavy atom. The maximum absolute atomic E-state index is 12.8. The van der Waals surface area contributed by atoms with Crippen molar-refractivity contribution in [3.05, 3.63) is 64.1 Å². The van der Waals surface area contributed by atoms with E-state index in [0.717, 1.165) is 4.90 Å². The second kappa shape index (κ2) is 6.20. The van der Waals surface area contributed by atoms with Crippen LogP contribution in [0, 0.1) is 0 Å². The smallest absolute Gasteiger partial charge is 0.256 e. The van der Waals surface area contributed by atoms with Crippen LogP contribution in [0.25, 0.3) is 0 Å². The first-order chi connectivity index (χ1) is 11.3. The summed E-state index contributed by atoms with van der Waals surface area (Å²) in [7, 11) is -3.93. The van der Waals surface area contributed by atoms with Gasteiger partial charge >= 0.3 is 0 Å². The van der Waals surface area contributed by atoms with Gasteiger partial charge in [0, 0.05) is 0 Å². The zero-order valence-corrected chi connectivity index (χ0v) is 14.5. The Hall–Kier alpha value is -1.89. The lowest BCUT2D eigenvalue weighted by molar-refractivity contribution is -0.125. The van der Waals surface area contributed by atoms with Gasteiger partial charge in [0.25, 0.3) is 5.91 Å². The normalized spacial score (nSPS) is 20.2. The van der Waals surface area contributed by atoms with Crippen molar-refractivity contribution in [2.75, 3.05) is 10.7 Å². The third kappa shape index (κ3) is 2.92. The van der Waals surface area contributed by atoms with Crippen LogP contribution in [-0.4, -0.2) is 26.0 Å². The molecule has 124 valence electrons. The SMILES string of the molecule is O=C1CS(=O)(=O)C(c2ccccc2)C(=O)N1c1ccc(Cl)c(Cl)c1. The molecular formula is C16H11Cl2NO4S. The van der Waals surface area contributed by atoms with Gasteiger partial charge in [-0.15, -0.1) is 0 Å². The Balaban J connectivity index is 2.10. The second-order valence-corrected chi connectivity index (χ2v) is 8.16. The molecule has 1 atom stereocenters. The molecule has 1 fully saturated rings.